The molecule has 1 aliphatic rings. The topological polar surface area (TPSA) is 89.1 Å². The fourth-order valence-electron chi connectivity index (χ4n) is 2.53. The lowest BCUT2D eigenvalue weighted by atomic mass is 9.83. The maximum atomic E-state index is 11.3. The molecule has 108 valence electrons. The van der Waals surface area contributed by atoms with Crippen LogP contribution in [0.15, 0.2) is 41.2 Å². The summed E-state index contributed by atoms with van der Waals surface area (Å²) in [6, 6.07) is 3.78. The van der Waals surface area contributed by atoms with Crippen LogP contribution < -0.4 is 0 Å². The summed E-state index contributed by atoms with van der Waals surface area (Å²) in [7, 11) is 0. The second-order valence-electron chi connectivity index (χ2n) is 5.08. The van der Waals surface area contributed by atoms with Crippen LogP contribution >= 0.6 is 0 Å². The third-order valence-electron chi connectivity index (χ3n) is 3.66. The minimum atomic E-state index is -0.821. The van der Waals surface area contributed by atoms with E-state index in [1.807, 2.05) is 24.3 Å². The lowest BCUT2D eigenvalue weighted by Gasteiger charge is -2.21. The van der Waals surface area contributed by atoms with Crippen molar-refractivity contribution in [3.63, 3.8) is 0 Å². The average molecular weight is 285 g/mol. The summed E-state index contributed by atoms with van der Waals surface area (Å²) in [5.41, 5.74) is 1.04. The van der Waals surface area contributed by atoms with E-state index in [2.05, 4.69) is 15.1 Å². The second-order valence-corrected chi connectivity index (χ2v) is 5.08. The van der Waals surface area contributed by atoms with Crippen molar-refractivity contribution in [2.45, 2.75) is 25.2 Å². The van der Waals surface area contributed by atoms with Gasteiger partial charge in [0.25, 0.3) is 0 Å². The molecule has 6 nitrogen and oxygen atoms in total. The van der Waals surface area contributed by atoms with Gasteiger partial charge in [-0.2, -0.15) is 4.98 Å². The van der Waals surface area contributed by atoms with E-state index in [4.69, 9.17) is 4.52 Å². The first-order chi connectivity index (χ1) is 10.2. The monoisotopic (exact) mass is 285 g/mol. The van der Waals surface area contributed by atoms with Gasteiger partial charge in [-0.3, -0.25) is 9.78 Å². The molecule has 0 spiro atoms. The van der Waals surface area contributed by atoms with Crippen molar-refractivity contribution in [1.29, 1.82) is 0 Å². The van der Waals surface area contributed by atoms with Gasteiger partial charge in [-0.1, -0.05) is 17.3 Å². The summed E-state index contributed by atoms with van der Waals surface area (Å²) < 4.78 is 5.28. The van der Waals surface area contributed by atoms with E-state index in [1.54, 1.807) is 12.4 Å². The van der Waals surface area contributed by atoms with Crippen molar-refractivity contribution in [1.82, 2.24) is 15.1 Å². The van der Waals surface area contributed by atoms with Gasteiger partial charge >= 0.3 is 5.97 Å². The van der Waals surface area contributed by atoms with E-state index in [0.717, 1.165) is 5.56 Å². The molecule has 6 heteroatoms. The number of hydrogen-bond acceptors (Lipinski definition) is 5. The molecule has 0 saturated heterocycles. The normalized spacial score (nSPS) is 21.3. The van der Waals surface area contributed by atoms with E-state index >= 15 is 0 Å². The summed E-state index contributed by atoms with van der Waals surface area (Å²) >= 11 is 0. The molecule has 0 aromatic carbocycles. The molecule has 0 fully saturated rings. The number of aromatic nitrogens is 3. The van der Waals surface area contributed by atoms with Crippen molar-refractivity contribution >= 4 is 5.97 Å². The zero-order chi connectivity index (χ0) is 14.7. The molecule has 1 aliphatic carbocycles. The summed E-state index contributed by atoms with van der Waals surface area (Å²) in [6.45, 7) is 0. The average Bonchev–Trinajstić information content (AvgIpc) is 2.96. The van der Waals surface area contributed by atoms with Crippen LogP contribution in [0.1, 0.15) is 36.0 Å². The van der Waals surface area contributed by atoms with Crippen molar-refractivity contribution in [3.8, 4) is 0 Å². The number of aliphatic carboxylic acids is 1. The Morgan fingerprint density at radius 2 is 2.05 bits per heavy atom. The maximum Gasteiger partial charge on any atom is 0.307 e. The molecule has 1 N–H and O–H groups in total. The van der Waals surface area contributed by atoms with Crippen LogP contribution in [0, 0.1) is 5.92 Å². The Hall–Kier alpha value is -2.50. The number of allylic oxidation sites excluding steroid dienone is 2. The third-order valence-corrected chi connectivity index (χ3v) is 3.66. The summed E-state index contributed by atoms with van der Waals surface area (Å²) in [5.74, 6) is -0.584. The molecule has 2 aromatic heterocycles. The number of pyridine rings is 1. The number of carbonyl (C=O) groups is 1. The second kappa shape index (κ2) is 5.87. The Morgan fingerprint density at radius 3 is 2.81 bits per heavy atom. The van der Waals surface area contributed by atoms with E-state index in [0.29, 0.717) is 31.0 Å². The first-order valence-electron chi connectivity index (χ1n) is 6.83. The minimum absolute atomic E-state index is 0.244. The van der Waals surface area contributed by atoms with Gasteiger partial charge in [-0.15, -0.1) is 0 Å². The van der Waals surface area contributed by atoms with Gasteiger partial charge in [-0.25, -0.2) is 0 Å². The first kappa shape index (κ1) is 13.5. The molecule has 2 atom stereocenters. The number of carboxylic acid groups (broad SMARTS) is 1. The predicted octanol–water partition coefficient (Wildman–Crippen LogP) is 2.19. The summed E-state index contributed by atoms with van der Waals surface area (Å²) in [4.78, 5) is 19.6. The fourth-order valence-corrected chi connectivity index (χ4v) is 2.53. The summed E-state index contributed by atoms with van der Waals surface area (Å²) in [6.07, 6.45) is 8.95. The largest absolute Gasteiger partial charge is 0.481 e. The molecule has 2 aromatic rings. The van der Waals surface area contributed by atoms with Crippen molar-refractivity contribution in [3.05, 3.63) is 54.0 Å². The summed E-state index contributed by atoms with van der Waals surface area (Å²) in [5, 5.41) is 13.2. The highest BCUT2D eigenvalue weighted by molar-refractivity contribution is 5.71. The Labute approximate surface area is 121 Å². The predicted molar refractivity (Wildman–Crippen MR) is 73.6 cm³/mol. The Bertz CT molecular complexity index is 651. The van der Waals surface area contributed by atoms with Crippen molar-refractivity contribution in [2.75, 3.05) is 0 Å². The standard InChI is InChI=1S/C15H15N3O3/c19-15(20)12-4-2-1-3-11(12)14-17-13(18-21-14)9-10-5-7-16-8-6-10/h1-2,5-8,11-12H,3-4,9H2,(H,19,20)/t11-,12+/m1/s1. The molecular weight excluding hydrogens is 270 g/mol. The molecule has 21 heavy (non-hydrogen) atoms. The molecular formula is C15H15N3O3. The molecule has 0 amide bonds. The highest BCUT2D eigenvalue weighted by atomic mass is 16.5. The molecule has 3 rings (SSSR count). The Morgan fingerprint density at radius 1 is 1.29 bits per heavy atom. The SMILES string of the molecule is O=C(O)[C@H]1CC=CC[C@H]1c1nc(Cc2ccncc2)no1. The zero-order valence-electron chi connectivity index (χ0n) is 11.3. The molecule has 2 heterocycles. The quantitative estimate of drug-likeness (QED) is 0.866. The third kappa shape index (κ3) is 2.99. The van der Waals surface area contributed by atoms with Crippen LogP contribution in [0.25, 0.3) is 0 Å². The van der Waals surface area contributed by atoms with Gasteiger partial charge in [0.15, 0.2) is 5.82 Å². The highest BCUT2D eigenvalue weighted by Crippen LogP contribution is 2.33. The van der Waals surface area contributed by atoms with Crippen molar-refractivity contribution < 1.29 is 14.4 Å². The van der Waals surface area contributed by atoms with E-state index in [-0.39, 0.29) is 5.92 Å². The lowest BCUT2D eigenvalue weighted by Crippen LogP contribution is -2.23. The molecule has 0 unspecified atom stereocenters. The van der Waals surface area contributed by atoms with Gasteiger partial charge in [-0.05, 0) is 30.5 Å². The Balaban J connectivity index is 1.78. The minimum Gasteiger partial charge on any atom is -0.481 e. The fraction of sp³-hybridized carbons (Fsp3) is 0.333. The number of hydrogen-bond donors (Lipinski definition) is 1. The van der Waals surface area contributed by atoms with Crippen LogP contribution in [0.3, 0.4) is 0 Å². The van der Waals surface area contributed by atoms with Crippen LogP contribution in [-0.2, 0) is 11.2 Å². The van der Waals surface area contributed by atoms with Gasteiger partial charge in [0.05, 0.1) is 11.8 Å². The molecule has 0 aliphatic heterocycles. The number of nitrogens with zero attached hydrogens (tertiary/aromatic N) is 3. The maximum absolute atomic E-state index is 11.3. The molecule has 0 bridgehead atoms. The van der Waals surface area contributed by atoms with E-state index in [1.165, 1.54) is 0 Å². The van der Waals surface area contributed by atoms with Gasteiger partial charge < -0.3 is 9.63 Å². The van der Waals surface area contributed by atoms with Crippen LogP contribution in [-0.4, -0.2) is 26.2 Å². The van der Waals surface area contributed by atoms with Crippen molar-refractivity contribution in [2.24, 2.45) is 5.92 Å². The molecule has 0 radical (unpaired) electrons. The van der Waals surface area contributed by atoms with Crippen LogP contribution in [0.4, 0.5) is 0 Å². The van der Waals surface area contributed by atoms with Crippen LogP contribution in [0.2, 0.25) is 0 Å². The highest BCUT2D eigenvalue weighted by Gasteiger charge is 2.33. The molecule has 0 saturated carbocycles. The number of carboxylic acids is 1. The zero-order valence-corrected chi connectivity index (χ0v) is 11.3. The van der Waals surface area contributed by atoms with Gasteiger partial charge in [0, 0.05) is 18.8 Å². The lowest BCUT2D eigenvalue weighted by molar-refractivity contribution is -0.142. The van der Waals surface area contributed by atoms with Gasteiger partial charge in [0.2, 0.25) is 5.89 Å². The smallest absolute Gasteiger partial charge is 0.307 e. The van der Waals surface area contributed by atoms with Crippen LogP contribution in [0.5, 0.6) is 0 Å². The first-order valence-corrected chi connectivity index (χ1v) is 6.83. The van der Waals surface area contributed by atoms with E-state index < -0.39 is 11.9 Å². The Kier molecular flexibility index (Phi) is 3.77. The van der Waals surface area contributed by atoms with E-state index in [9.17, 15) is 9.90 Å². The van der Waals surface area contributed by atoms with Gasteiger partial charge in [0.1, 0.15) is 0 Å². The number of rotatable bonds is 4.